The molecule has 1 unspecified atom stereocenters. The number of hydrogen-bond acceptors (Lipinski definition) is 3. The quantitative estimate of drug-likeness (QED) is 0.841. The summed E-state index contributed by atoms with van der Waals surface area (Å²) in [5, 5.41) is 7.97. The zero-order chi connectivity index (χ0) is 12.8. The lowest BCUT2D eigenvalue weighted by atomic mass is 10.2. The maximum absolute atomic E-state index is 5.07. The predicted molar refractivity (Wildman–Crippen MR) is 73.1 cm³/mol. The van der Waals surface area contributed by atoms with E-state index in [0.29, 0.717) is 6.04 Å². The minimum absolute atomic E-state index is 0.447. The summed E-state index contributed by atoms with van der Waals surface area (Å²) in [5.41, 5.74) is 2.27. The van der Waals surface area contributed by atoms with Crippen molar-refractivity contribution in [2.45, 2.75) is 46.3 Å². The first kappa shape index (κ1) is 14.7. The molecule has 17 heavy (non-hydrogen) atoms. The van der Waals surface area contributed by atoms with Crippen molar-refractivity contribution in [2.24, 2.45) is 0 Å². The maximum atomic E-state index is 5.07. The van der Waals surface area contributed by atoms with Crippen LogP contribution in [0.1, 0.15) is 31.7 Å². The number of aromatic nitrogens is 2. The fourth-order valence-electron chi connectivity index (χ4n) is 1.71. The number of rotatable bonds is 7. The second-order valence-corrected chi connectivity index (χ2v) is 5.02. The molecule has 1 rings (SSSR count). The number of nitrogens with zero attached hydrogens (tertiary/aromatic N) is 2. The number of ether oxygens (including phenoxy) is 1. The van der Waals surface area contributed by atoms with E-state index in [1.807, 2.05) is 11.6 Å². The van der Waals surface area contributed by atoms with Crippen molar-refractivity contribution in [3.8, 4) is 0 Å². The van der Waals surface area contributed by atoms with Gasteiger partial charge in [-0.05, 0) is 43.1 Å². The molecule has 0 aliphatic rings. The Kier molecular flexibility index (Phi) is 6.16. The molecular weight excluding hydrogens is 282 g/mol. The van der Waals surface area contributed by atoms with Crippen LogP contribution in [0.5, 0.6) is 0 Å². The first-order valence-corrected chi connectivity index (χ1v) is 6.83. The summed E-state index contributed by atoms with van der Waals surface area (Å²) in [6, 6.07) is 0.447. The summed E-state index contributed by atoms with van der Waals surface area (Å²) in [5.74, 6) is 0. The Morgan fingerprint density at radius 1 is 1.53 bits per heavy atom. The molecule has 1 N–H and O–H groups in total. The molecule has 0 aromatic carbocycles. The third-order valence-electron chi connectivity index (χ3n) is 2.83. The van der Waals surface area contributed by atoms with Crippen molar-refractivity contribution in [1.29, 1.82) is 0 Å². The van der Waals surface area contributed by atoms with Crippen LogP contribution in [0.25, 0.3) is 0 Å². The van der Waals surface area contributed by atoms with Crippen LogP contribution in [-0.2, 0) is 17.8 Å². The molecule has 0 aliphatic carbocycles. The first-order chi connectivity index (χ1) is 8.10. The van der Waals surface area contributed by atoms with Crippen LogP contribution in [0.15, 0.2) is 4.47 Å². The normalized spacial score (nSPS) is 13.0. The molecule has 0 fully saturated rings. The van der Waals surface area contributed by atoms with E-state index in [1.54, 1.807) is 7.11 Å². The van der Waals surface area contributed by atoms with Gasteiger partial charge in [0, 0.05) is 32.8 Å². The lowest BCUT2D eigenvalue weighted by Crippen LogP contribution is -2.28. The first-order valence-electron chi connectivity index (χ1n) is 6.04. The van der Waals surface area contributed by atoms with Crippen molar-refractivity contribution in [3.63, 3.8) is 0 Å². The van der Waals surface area contributed by atoms with E-state index in [-0.39, 0.29) is 0 Å². The van der Waals surface area contributed by atoms with Gasteiger partial charge in [0.05, 0.1) is 15.9 Å². The molecule has 0 aliphatic heterocycles. The molecule has 0 saturated carbocycles. The number of halogens is 1. The van der Waals surface area contributed by atoms with Crippen LogP contribution in [0.2, 0.25) is 0 Å². The van der Waals surface area contributed by atoms with Gasteiger partial charge in [-0.15, -0.1) is 0 Å². The lowest BCUT2D eigenvalue weighted by Gasteiger charge is -2.14. The highest BCUT2D eigenvalue weighted by atomic mass is 79.9. The molecule has 0 bridgehead atoms. The third-order valence-corrected chi connectivity index (χ3v) is 3.86. The van der Waals surface area contributed by atoms with Crippen molar-refractivity contribution in [3.05, 3.63) is 15.9 Å². The summed E-state index contributed by atoms with van der Waals surface area (Å²) in [7, 11) is 1.73. The summed E-state index contributed by atoms with van der Waals surface area (Å²) in [6.45, 7) is 8.83. The van der Waals surface area contributed by atoms with Crippen LogP contribution in [0.3, 0.4) is 0 Å². The van der Waals surface area contributed by atoms with E-state index in [1.165, 1.54) is 5.69 Å². The maximum Gasteiger partial charge on any atom is 0.0739 e. The summed E-state index contributed by atoms with van der Waals surface area (Å²) < 4.78 is 8.22. The van der Waals surface area contributed by atoms with Gasteiger partial charge in [0.25, 0.3) is 0 Å². The van der Waals surface area contributed by atoms with E-state index in [2.05, 4.69) is 40.2 Å². The van der Waals surface area contributed by atoms with Crippen LogP contribution in [-0.4, -0.2) is 29.5 Å². The van der Waals surface area contributed by atoms with E-state index in [9.17, 15) is 0 Å². The van der Waals surface area contributed by atoms with Crippen molar-refractivity contribution in [2.75, 3.05) is 13.7 Å². The number of hydrogen-bond donors (Lipinski definition) is 1. The Bertz CT molecular complexity index is 352. The topological polar surface area (TPSA) is 39.1 Å². The molecule has 98 valence electrons. The van der Waals surface area contributed by atoms with E-state index in [0.717, 1.165) is 36.3 Å². The second-order valence-electron chi connectivity index (χ2n) is 4.23. The Morgan fingerprint density at radius 3 is 2.82 bits per heavy atom. The number of nitrogens with one attached hydrogen (secondary N) is 1. The van der Waals surface area contributed by atoms with Crippen LogP contribution >= 0.6 is 15.9 Å². The molecule has 0 saturated heterocycles. The van der Waals surface area contributed by atoms with Crippen LogP contribution in [0, 0.1) is 6.92 Å². The Morgan fingerprint density at radius 2 is 2.24 bits per heavy atom. The number of methoxy groups -OCH3 is 1. The van der Waals surface area contributed by atoms with Gasteiger partial charge < -0.3 is 10.1 Å². The Labute approximate surface area is 112 Å². The average Bonchev–Trinajstić information content (AvgIpc) is 2.60. The molecule has 1 heterocycles. The molecule has 5 heteroatoms. The van der Waals surface area contributed by atoms with Gasteiger partial charge in [0.2, 0.25) is 0 Å². The van der Waals surface area contributed by atoms with Gasteiger partial charge in [-0.1, -0.05) is 0 Å². The number of aryl methyl sites for hydroxylation is 2. The van der Waals surface area contributed by atoms with Crippen LogP contribution < -0.4 is 5.32 Å². The molecular formula is C12H22BrN3O. The van der Waals surface area contributed by atoms with Crippen molar-refractivity contribution < 1.29 is 4.74 Å². The predicted octanol–water partition coefficient (Wildman–Crippen LogP) is 2.49. The molecule has 0 amide bonds. The fraction of sp³-hybridized carbons (Fsp3) is 0.750. The largest absolute Gasteiger partial charge is 0.385 e. The smallest absolute Gasteiger partial charge is 0.0739 e. The Hall–Kier alpha value is -0.390. The monoisotopic (exact) mass is 303 g/mol. The highest BCUT2D eigenvalue weighted by Crippen LogP contribution is 2.20. The van der Waals surface area contributed by atoms with Gasteiger partial charge >= 0.3 is 0 Å². The minimum Gasteiger partial charge on any atom is -0.385 e. The van der Waals surface area contributed by atoms with Crippen molar-refractivity contribution in [1.82, 2.24) is 15.1 Å². The van der Waals surface area contributed by atoms with Gasteiger partial charge in [0.1, 0.15) is 0 Å². The standard InChI is InChI=1S/C12H22BrN3O/c1-5-16-11(12(13)10(3)15-16)8-14-9(2)6-7-17-4/h9,14H,5-8H2,1-4H3. The molecule has 1 aromatic heterocycles. The van der Waals surface area contributed by atoms with Gasteiger partial charge in [-0.2, -0.15) is 5.10 Å². The van der Waals surface area contributed by atoms with Crippen molar-refractivity contribution >= 4 is 15.9 Å². The highest BCUT2D eigenvalue weighted by molar-refractivity contribution is 9.10. The second kappa shape index (κ2) is 7.13. The summed E-state index contributed by atoms with van der Waals surface area (Å²) >= 11 is 3.60. The zero-order valence-corrected chi connectivity index (χ0v) is 12.7. The lowest BCUT2D eigenvalue weighted by molar-refractivity contribution is 0.184. The molecule has 0 radical (unpaired) electrons. The molecule has 1 atom stereocenters. The summed E-state index contributed by atoms with van der Waals surface area (Å²) in [4.78, 5) is 0. The zero-order valence-electron chi connectivity index (χ0n) is 11.1. The van der Waals surface area contributed by atoms with Gasteiger partial charge in [-0.25, -0.2) is 0 Å². The van der Waals surface area contributed by atoms with E-state index < -0.39 is 0 Å². The van der Waals surface area contributed by atoms with Gasteiger partial charge in [0.15, 0.2) is 0 Å². The molecule has 4 nitrogen and oxygen atoms in total. The Balaban J connectivity index is 2.56. The fourth-order valence-corrected chi connectivity index (χ4v) is 2.13. The average molecular weight is 304 g/mol. The van der Waals surface area contributed by atoms with E-state index >= 15 is 0 Å². The molecule has 1 aromatic rings. The summed E-state index contributed by atoms with van der Waals surface area (Å²) in [6.07, 6.45) is 1.02. The SMILES string of the molecule is CCn1nc(C)c(Br)c1CNC(C)CCOC. The third kappa shape index (κ3) is 4.08. The highest BCUT2D eigenvalue weighted by Gasteiger charge is 2.12. The minimum atomic E-state index is 0.447. The van der Waals surface area contributed by atoms with Crippen LogP contribution in [0.4, 0.5) is 0 Å². The molecule has 0 spiro atoms. The van der Waals surface area contributed by atoms with Gasteiger partial charge in [-0.3, -0.25) is 4.68 Å². The van der Waals surface area contributed by atoms with E-state index in [4.69, 9.17) is 4.74 Å².